The largest absolute Gasteiger partial charge is 0.456 e. The summed E-state index contributed by atoms with van der Waals surface area (Å²) in [5, 5.41) is 9.53. The van der Waals surface area contributed by atoms with Crippen molar-refractivity contribution in [3.05, 3.63) is 145 Å². The van der Waals surface area contributed by atoms with Crippen molar-refractivity contribution in [2.24, 2.45) is 0 Å². The second kappa shape index (κ2) is 10.6. The summed E-state index contributed by atoms with van der Waals surface area (Å²) in [6, 6.07) is 50.6. The molecule has 0 bridgehead atoms. The zero-order valence-corrected chi connectivity index (χ0v) is 28.6. The lowest BCUT2D eigenvalue weighted by Gasteiger charge is -2.22. The first-order chi connectivity index (χ1) is 25.8. The van der Waals surface area contributed by atoms with Gasteiger partial charge in [0.1, 0.15) is 22.3 Å². The van der Waals surface area contributed by atoms with Crippen LogP contribution in [0.15, 0.2) is 148 Å². The topological polar surface area (TPSA) is 36.1 Å². The molecule has 0 radical (unpaired) electrons. The molecule has 4 heterocycles. The lowest BCUT2D eigenvalue weighted by atomic mass is 9.83. The first-order valence-corrected chi connectivity index (χ1v) is 18.6. The molecule has 0 atom stereocenters. The minimum Gasteiger partial charge on any atom is -0.456 e. The molecule has 1 saturated carbocycles. The van der Waals surface area contributed by atoms with Crippen LogP contribution in [-0.2, 0) is 0 Å². The summed E-state index contributed by atoms with van der Waals surface area (Å²) in [5.74, 6) is 0.462. The van der Waals surface area contributed by atoms with Crippen LogP contribution in [0.5, 0.6) is 0 Å². The van der Waals surface area contributed by atoms with E-state index in [1.165, 1.54) is 81.3 Å². The van der Waals surface area contributed by atoms with E-state index in [4.69, 9.17) is 8.83 Å². The van der Waals surface area contributed by atoms with Crippen molar-refractivity contribution in [3.63, 3.8) is 0 Å². The number of nitrogens with zero attached hydrogens (tertiary/aromatic N) is 2. The molecule has 0 spiro atoms. The van der Waals surface area contributed by atoms with Crippen LogP contribution in [0.4, 0.5) is 0 Å². The molecule has 4 nitrogen and oxygen atoms in total. The van der Waals surface area contributed by atoms with Gasteiger partial charge in [-0.05, 0) is 91.1 Å². The molecular weight excluding hydrogens is 637 g/mol. The Balaban J connectivity index is 1.16. The van der Waals surface area contributed by atoms with Crippen LogP contribution in [0, 0.1) is 0 Å². The first-order valence-electron chi connectivity index (χ1n) is 18.6. The van der Waals surface area contributed by atoms with E-state index in [0.717, 1.165) is 55.3 Å². The highest BCUT2D eigenvalue weighted by molar-refractivity contribution is 6.23. The van der Waals surface area contributed by atoms with E-state index in [2.05, 4.69) is 149 Å². The van der Waals surface area contributed by atoms with Crippen molar-refractivity contribution in [1.82, 2.24) is 9.13 Å². The van der Waals surface area contributed by atoms with Gasteiger partial charge in [0, 0.05) is 49.1 Å². The van der Waals surface area contributed by atoms with Crippen LogP contribution in [-0.4, -0.2) is 9.13 Å². The van der Waals surface area contributed by atoms with Crippen LogP contribution in [0.1, 0.15) is 43.6 Å². The summed E-state index contributed by atoms with van der Waals surface area (Å²) in [6.45, 7) is 0. The van der Waals surface area contributed by atoms with E-state index in [-0.39, 0.29) is 0 Å². The predicted molar refractivity (Wildman–Crippen MR) is 216 cm³/mol. The van der Waals surface area contributed by atoms with Gasteiger partial charge in [-0.1, -0.05) is 92.1 Å². The number of hydrogen-bond donors (Lipinski definition) is 0. The average molecular weight is 671 g/mol. The highest BCUT2D eigenvalue weighted by Gasteiger charge is 2.26. The molecule has 1 aliphatic carbocycles. The van der Waals surface area contributed by atoms with Crippen molar-refractivity contribution in [1.29, 1.82) is 0 Å². The van der Waals surface area contributed by atoms with Crippen molar-refractivity contribution in [2.45, 2.75) is 38.0 Å². The van der Waals surface area contributed by atoms with Gasteiger partial charge in [-0.3, -0.25) is 0 Å². The molecule has 11 aromatic rings. The molecule has 52 heavy (non-hydrogen) atoms. The Kier molecular flexibility index (Phi) is 5.81. The van der Waals surface area contributed by atoms with Crippen molar-refractivity contribution >= 4 is 87.5 Å². The second-order valence-corrected chi connectivity index (χ2v) is 14.7. The summed E-state index contributed by atoms with van der Waals surface area (Å²) in [6.07, 6.45) is 6.19. The Bertz CT molecular complexity index is 3130. The standard InChI is InChI=1S/C48H34N2O2/c1-2-12-29(13-3-1)36-28-38-37-26-30(49-40-18-8-4-14-32(40)33-15-5-9-19-41(33)49)22-24-44(37)51-48(38)46-39-27-31(23-25-45(39)52-47(36)46)50-42-20-10-6-16-34(42)35-17-7-11-21-43(35)50/h4-11,14-29H,1-3,12-13H2. The van der Waals surface area contributed by atoms with Crippen molar-refractivity contribution in [2.75, 3.05) is 0 Å². The summed E-state index contributed by atoms with van der Waals surface area (Å²) in [5.41, 5.74) is 12.1. The monoisotopic (exact) mass is 670 g/mol. The number of furan rings is 2. The van der Waals surface area contributed by atoms with Crippen LogP contribution in [0.3, 0.4) is 0 Å². The lowest BCUT2D eigenvalue weighted by molar-refractivity contribution is 0.442. The Hall–Kier alpha value is -6.26. The Morgan fingerprint density at radius 1 is 0.404 bits per heavy atom. The third-order valence-electron chi connectivity index (χ3n) is 11.9. The van der Waals surface area contributed by atoms with E-state index < -0.39 is 0 Å². The fourth-order valence-electron chi connectivity index (χ4n) is 9.57. The maximum Gasteiger partial charge on any atom is 0.147 e. The van der Waals surface area contributed by atoms with E-state index in [1.54, 1.807) is 0 Å². The minimum atomic E-state index is 0.462. The van der Waals surface area contributed by atoms with Crippen molar-refractivity contribution < 1.29 is 8.83 Å². The first kappa shape index (κ1) is 28.4. The number of hydrogen-bond acceptors (Lipinski definition) is 2. The van der Waals surface area contributed by atoms with Crippen LogP contribution >= 0.6 is 0 Å². The predicted octanol–water partition coefficient (Wildman–Crippen LogP) is 13.7. The molecule has 0 unspecified atom stereocenters. The van der Waals surface area contributed by atoms with Gasteiger partial charge in [-0.2, -0.15) is 0 Å². The molecule has 12 rings (SSSR count). The average Bonchev–Trinajstić information content (AvgIpc) is 3.95. The molecule has 7 aromatic carbocycles. The van der Waals surface area contributed by atoms with E-state index in [9.17, 15) is 0 Å². The fraction of sp³-hybridized carbons (Fsp3) is 0.125. The molecule has 0 aliphatic heterocycles. The van der Waals surface area contributed by atoms with E-state index in [0.29, 0.717) is 5.92 Å². The van der Waals surface area contributed by atoms with Crippen LogP contribution in [0.2, 0.25) is 0 Å². The Morgan fingerprint density at radius 3 is 1.40 bits per heavy atom. The molecule has 248 valence electrons. The molecule has 4 aromatic heterocycles. The smallest absolute Gasteiger partial charge is 0.147 e. The number of benzene rings is 7. The van der Waals surface area contributed by atoms with Gasteiger partial charge in [0.25, 0.3) is 0 Å². The fourth-order valence-corrected chi connectivity index (χ4v) is 9.57. The van der Waals surface area contributed by atoms with Gasteiger partial charge in [-0.15, -0.1) is 0 Å². The van der Waals surface area contributed by atoms with E-state index >= 15 is 0 Å². The summed E-state index contributed by atoms with van der Waals surface area (Å²) in [4.78, 5) is 0. The second-order valence-electron chi connectivity index (χ2n) is 14.7. The van der Waals surface area contributed by atoms with E-state index in [1.807, 2.05) is 0 Å². The molecule has 0 saturated heterocycles. The van der Waals surface area contributed by atoms with Gasteiger partial charge < -0.3 is 18.0 Å². The van der Waals surface area contributed by atoms with Gasteiger partial charge in [0.2, 0.25) is 0 Å². The molecule has 0 amide bonds. The quantitative estimate of drug-likeness (QED) is 0.188. The zero-order valence-electron chi connectivity index (χ0n) is 28.6. The molecule has 1 fully saturated rings. The summed E-state index contributed by atoms with van der Waals surface area (Å²) < 4.78 is 18.6. The number of aromatic nitrogens is 2. The number of rotatable bonds is 3. The maximum absolute atomic E-state index is 6.92. The Labute approximate surface area is 299 Å². The summed E-state index contributed by atoms with van der Waals surface area (Å²) >= 11 is 0. The third-order valence-corrected chi connectivity index (χ3v) is 11.9. The maximum atomic E-state index is 6.92. The highest BCUT2D eigenvalue weighted by atomic mass is 16.3. The van der Waals surface area contributed by atoms with Gasteiger partial charge in [0.15, 0.2) is 0 Å². The molecule has 1 aliphatic rings. The van der Waals surface area contributed by atoms with Gasteiger partial charge in [0.05, 0.1) is 27.5 Å². The molecular formula is C48H34N2O2. The SMILES string of the molecule is c1ccc2c(c1)c1ccccc1n2-c1ccc2oc3c(cc(C4CCCCC4)c4oc5ccc(-n6c7ccccc7c7ccccc76)cc5c43)c2c1. The minimum absolute atomic E-state index is 0.462. The third kappa shape index (κ3) is 3.87. The number of fused-ring (bicyclic) bond motifs is 13. The summed E-state index contributed by atoms with van der Waals surface area (Å²) in [7, 11) is 0. The zero-order chi connectivity index (χ0) is 33.9. The van der Waals surface area contributed by atoms with Crippen LogP contribution in [0.25, 0.3) is 98.9 Å². The van der Waals surface area contributed by atoms with Crippen LogP contribution < -0.4 is 0 Å². The van der Waals surface area contributed by atoms with Gasteiger partial charge >= 0.3 is 0 Å². The Morgan fingerprint density at radius 2 is 0.865 bits per heavy atom. The van der Waals surface area contributed by atoms with Gasteiger partial charge in [-0.25, -0.2) is 0 Å². The lowest BCUT2D eigenvalue weighted by Crippen LogP contribution is -2.04. The normalized spacial score (nSPS) is 14.5. The molecule has 0 N–H and O–H groups in total. The molecule has 4 heteroatoms. The number of para-hydroxylation sites is 4. The van der Waals surface area contributed by atoms with Crippen molar-refractivity contribution in [3.8, 4) is 11.4 Å². The highest BCUT2D eigenvalue weighted by Crippen LogP contribution is 2.47.